The topological polar surface area (TPSA) is 85.4 Å². The largest absolute Gasteiger partial charge is 0.448 e. The van der Waals surface area contributed by atoms with Crippen molar-refractivity contribution in [2.45, 2.75) is 24.4 Å². The molecular weight excluding hydrogens is 402 g/mol. The van der Waals surface area contributed by atoms with Gasteiger partial charge in [0, 0.05) is 34.4 Å². The summed E-state index contributed by atoms with van der Waals surface area (Å²) in [6, 6.07) is 14.4. The molecule has 8 heteroatoms. The SMILES string of the molecule is C[C@H](c1ccc([S@](C)=O)cc1)N(C)C(=O)Cn1cnc2c(oc3ccccc32)c1=O. The molecule has 2 aromatic heterocycles. The molecule has 0 aliphatic heterocycles. The molecule has 0 saturated carbocycles. The van der Waals surface area contributed by atoms with Gasteiger partial charge in [-0.1, -0.05) is 24.3 Å². The second-order valence-corrected chi connectivity index (χ2v) is 8.54. The van der Waals surface area contributed by atoms with Gasteiger partial charge in [-0.05, 0) is 36.8 Å². The van der Waals surface area contributed by atoms with Crippen LogP contribution in [0.25, 0.3) is 22.1 Å². The van der Waals surface area contributed by atoms with Crippen LogP contribution in [0, 0.1) is 0 Å². The molecule has 1 amide bonds. The van der Waals surface area contributed by atoms with Crippen LogP contribution >= 0.6 is 0 Å². The first-order valence-electron chi connectivity index (χ1n) is 9.42. The third-order valence-corrected chi connectivity index (χ3v) is 6.26. The monoisotopic (exact) mass is 423 g/mol. The van der Waals surface area contributed by atoms with Crippen LogP contribution in [0.5, 0.6) is 0 Å². The van der Waals surface area contributed by atoms with E-state index in [0.717, 1.165) is 15.8 Å². The molecule has 2 atom stereocenters. The first kappa shape index (κ1) is 20.0. The van der Waals surface area contributed by atoms with Crippen LogP contribution in [0.4, 0.5) is 0 Å². The quantitative estimate of drug-likeness (QED) is 0.492. The second-order valence-electron chi connectivity index (χ2n) is 7.16. The van der Waals surface area contributed by atoms with E-state index in [1.807, 2.05) is 37.3 Å². The van der Waals surface area contributed by atoms with Gasteiger partial charge in [0.05, 0.1) is 12.4 Å². The van der Waals surface area contributed by atoms with Gasteiger partial charge < -0.3 is 9.32 Å². The molecule has 4 aromatic rings. The summed E-state index contributed by atoms with van der Waals surface area (Å²) in [6.07, 6.45) is 3.01. The highest BCUT2D eigenvalue weighted by molar-refractivity contribution is 7.84. The first-order chi connectivity index (χ1) is 14.4. The minimum atomic E-state index is -1.05. The maximum atomic E-state index is 12.8. The standard InChI is InChI=1S/C22H21N3O4S/c1-14(15-8-10-16(11-9-15)30(3)28)24(2)19(26)12-25-13-23-20-17-6-4-5-7-18(17)29-21(20)22(25)27/h4-11,13-14H,12H2,1-3H3/t14-,30+/m1/s1. The van der Waals surface area contributed by atoms with Gasteiger partial charge in [0.25, 0.3) is 5.56 Å². The molecule has 0 radical (unpaired) electrons. The van der Waals surface area contributed by atoms with E-state index >= 15 is 0 Å². The number of benzene rings is 2. The first-order valence-corrected chi connectivity index (χ1v) is 11.0. The maximum absolute atomic E-state index is 12.8. The Morgan fingerprint density at radius 1 is 1.20 bits per heavy atom. The molecule has 4 rings (SSSR count). The van der Waals surface area contributed by atoms with Gasteiger partial charge in [0.1, 0.15) is 17.6 Å². The number of aromatic nitrogens is 2. The van der Waals surface area contributed by atoms with Crippen LogP contribution in [0.2, 0.25) is 0 Å². The van der Waals surface area contributed by atoms with Gasteiger partial charge >= 0.3 is 0 Å². The molecule has 0 fully saturated rings. The smallest absolute Gasteiger partial charge is 0.297 e. The van der Waals surface area contributed by atoms with Crippen molar-refractivity contribution >= 4 is 38.8 Å². The average Bonchev–Trinajstić information content (AvgIpc) is 3.14. The Bertz CT molecular complexity index is 1320. The van der Waals surface area contributed by atoms with Crippen molar-refractivity contribution in [2.75, 3.05) is 13.3 Å². The van der Waals surface area contributed by atoms with Gasteiger partial charge in [0.2, 0.25) is 11.5 Å². The Kier molecular flexibility index (Phi) is 5.26. The van der Waals surface area contributed by atoms with Crippen LogP contribution in [-0.4, -0.2) is 37.9 Å². The summed E-state index contributed by atoms with van der Waals surface area (Å²) in [6.45, 7) is 1.76. The van der Waals surface area contributed by atoms with Gasteiger partial charge in [0.15, 0.2) is 0 Å². The van der Waals surface area contributed by atoms with E-state index in [1.54, 1.807) is 36.4 Å². The molecule has 0 saturated heterocycles. The molecule has 0 unspecified atom stereocenters. The predicted molar refractivity (Wildman–Crippen MR) is 116 cm³/mol. The fourth-order valence-corrected chi connectivity index (χ4v) is 3.88. The Labute approximate surface area is 175 Å². The molecule has 7 nitrogen and oxygen atoms in total. The summed E-state index contributed by atoms with van der Waals surface area (Å²) < 4.78 is 18.5. The molecule has 0 aliphatic rings. The number of fused-ring (bicyclic) bond motifs is 3. The van der Waals surface area contributed by atoms with E-state index < -0.39 is 10.8 Å². The van der Waals surface area contributed by atoms with Crippen LogP contribution in [0.3, 0.4) is 0 Å². The summed E-state index contributed by atoms with van der Waals surface area (Å²) in [4.78, 5) is 32.3. The zero-order valence-corrected chi connectivity index (χ0v) is 17.7. The maximum Gasteiger partial charge on any atom is 0.297 e. The summed E-state index contributed by atoms with van der Waals surface area (Å²) in [5, 5.41) is 0.769. The Morgan fingerprint density at radius 3 is 2.60 bits per heavy atom. The van der Waals surface area contributed by atoms with Crippen LogP contribution in [0.15, 0.2) is 69.0 Å². The number of nitrogens with zero attached hydrogens (tertiary/aromatic N) is 3. The molecule has 2 aromatic carbocycles. The number of carbonyl (C=O) groups excluding carboxylic acids is 1. The lowest BCUT2D eigenvalue weighted by atomic mass is 10.1. The van der Waals surface area contributed by atoms with E-state index in [-0.39, 0.29) is 29.6 Å². The number of rotatable bonds is 5. The molecule has 30 heavy (non-hydrogen) atoms. The lowest BCUT2D eigenvalue weighted by Crippen LogP contribution is -2.35. The van der Waals surface area contributed by atoms with Gasteiger partial charge in [-0.25, -0.2) is 4.98 Å². The number of amides is 1. The molecule has 0 N–H and O–H groups in total. The summed E-state index contributed by atoms with van der Waals surface area (Å²) in [5.74, 6) is -0.231. The minimum absolute atomic E-state index is 0.142. The van der Waals surface area contributed by atoms with Crippen LogP contribution < -0.4 is 5.56 Å². The summed E-state index contributed by atoms with van der Waals surface area (Å²) >= 11 is 0. The van der Waals surface area contributed by atoms with Gasteiger partial charge in [-0.3, -0.25) is 18.4 Å². The third-order valence-electron chi connectivity index (χ3n) is 5.32. The second kappa shape index (κ2) is 7.87. The number of likely N-dealkylation sites (N-methyl/N-ethyl adjacent to an activating group) is 1. The minimum Gasteiger partial charge on any atom is -0.448 e. The molecule has 0 spiro atoms. The highest BCUT2D eigenvalue weighted by Gasteiger charge is 2.20. The van der Waals surface area contributed by atoms with Crippen molar-refractivity contribution in [1.29, 1.82) is 0 Å². The van der Waals surface area contributed by atoms with Crippen molar-refractivity contribution < 1.29 is 13.4 Å². The lowest BCUT2D eigenvalue weighted by molar-refractivity contribution is -0.132. The molecule has 2 heterocycles. The number of hydrogen-bond donors (Lipinski definition) is 0. The van der Waals surface area contributed by atoms with E-state index in [9.17, 15) is 13.8 Å². The van der Waals surface area contributed by atoms with Crippen LogP contribution in [-0.2, 0) is 22.1 Å². The van der Waals surface area contributed by atoms with Crippen molar-refractivity contribution in [3.05, 3.63) is 70.8 Å². The zero-order chi connectivity index (χ0) is 21.4. The van der Waals surface area contributed by atoms with E-state index in [4.69, 9.17) is 4.42 Å². The molecular formula is C22H21N3O4S. The van der Waals surface area contributed by atoms with E-state index in [2.05, 4.69) is 4.98 Å². The normalized spacial score (nSPS) is 13.4. The lowest BCUT2D eigenvalue weighted by Gasteiger charge is -2.25. The van der Waals surface area contributed by atoms with Crippen LogP contribution in [0.1, 0.15) is 18.5 Å². The fourth-order valence-electron chi connectivity index (χ4n) is 3.36. The Balaban J connectivity index is 1.57. The molecule has 0 bridgehead atoms. The zero-order valence-electron chi connectivity index (χ0n) is 16.9. The summed E-state index contributed by atoms with van der Waals surface area (Å²) in [7, 11) is 0.640. The van der Waals surface area contributed by atoms with Crippen molar-refractivity contribution in [3.63, 3.8) is 0 Å². The number of carbonyl (C=O) groups is 1. The summed E-state index contributed by atoms with van der Waals surface area (Å²) in [5.41, 5.74) is 1.75. The highest BCUT2D eigenvalue weighted by Crippen LogP contribution is 2.24. The van der Waals surface area contributed by atoms with E-state index in [0.29, 0.717) is 11.1 Å². The fraction of sp³-hybridized carbons (Fsp3) is 0.227. The third kappa shape index (κ3) is 3.54. The van der Waals surface area contributed by atoms with Crippen molar-refractivity contribution in [2.24, 2.45) is 0 Å². The van der Waals surface area contributed by atoms with Gasteiger partial charge in [-0.2, -0.15) is 0 Å². The molecule has 154 valence electrons. The average molecular weight is 423 g/mol. The van der Waals surface area contributed by atoms with Crippen molar-refractivity contribution in [3.8, 4) is 0 Å². The number of furan rings is 1. The Morgan fingerprint density at radius 2 is 1.90 bits per heavy atom. The number of para-hydroxylation sites is 1. The van der Waals surface area contributed by atoms with E-state index in [1.165, 1.54) is 10.9 Å². The molecule has 0 aliphatic carbocycles. The predicted octanol–water partition coefficient (Wildman–Crippen LogP) is 3.10. The number of hydrogen-bond acceptors (Lipinski definition) is 5. The van der Waals surface area contributed by atoms with Crippen molar-refractivity contribution in [1.82, 2.24) is 14.5 Å². The van der Waals surface area contributed by atoms with Gasteiger partial charge in [-0.15, -0.1) is 0 Å². The Hall–Kier alpha value is -3.26. The highest BCUT2D eigenvalue weighted by atomic mass is 32.2.